The molecule has 1 aliphatic carbocycles. The van der Waals surface area contributed by atoms with Gasteiger partial charge in [-0.1, -0.05) is 30.3 Å². The summed E-state index contributed by atoms with van der Waals surface area (Å²) in [7, 11) is 0. The molecule has 0 bridgehead atoms. The van der Waals surface area contributed by atoms with Crippen LogP contribution in [0.5, 0.6) is 0 Å². The lowest BCUT2D eigenvalue weighted by molar-refractivity contribution is -0.0466. The Morgan fingerprint density at radius 3 is 2.86 bits per heavy atom. The molecule has 1 aromatic heterocycles. The molecule has 4 nitrogen and oxygen atoms in total. The van der Waals surface area contributed by atoms with Crippen molar-refractivity contribution >= 4 is 16.7 Å². The minimum absolute atomic E-state index is 0.273. The van der Waals surface area contributed by atoms with Crippen molar-refractivity contribution in [2.75, 3.05) is 24.6 Å². The molecule has 2 aromatic rings. The summed E-state index contributed by atoms with van der Waals surface area (Å²) >= 11 is 1.53. The molecule has 5 heteroatoms. The van der Waals surface area contributed by atoms with Crippen molar-refractivity contribution in [3.63, 3.8) is 0 Å². The molecule has 0 amide bonds. The highest BCUT2D eigenvalue weighted by molar-refractivity contribution is 7.09. The van der Waals surface area contributed by atoms with E-state index in [1.54, 1.807) is 0 Å². The standard InChI is InChI=1S/C16H19N3OS/c1-16(13-5-3-2-4-6-13)11-19(9-10-20-16)15-17-14(18-21-15)12-7-8-12/h2-6,12H,7-11H2,1H3. The average molecular weight is 301 g/mol. The minimum Gasteiger partial charge on any atom is -0.367 e. The number of ether oxygens (including phenoxy) is 1. The second kappa shape index (κ2) is 5.07. The van der Waals surface area contributed by atoms with E-state index in [4.69, 9.17) is 9.72 Å². The van der Waals surface area contributed by atoms with Crippen LogP contribution in [0, 0.1) is 0 Å². The first-order chi connectivity index (χ1) is 10.2. The van der Waals surface area contributed by atoms with Gasteiger partial charge in [0.2, 0.25) is 5.13 Å². The van der Waals surface area contributed by atoms with Gasteiger partial charge in [0, 0.05) is 24.0 Å². The molecule has 1 unspecified atom stereocenters. The van der Waals surface area contributed by atoms with Crippen molar-refractivity contribution in [3.05, 3.63) is 41.7 Å². The molecule has 2 aliphatic rings. The van der Waals surface area contributed by atoms with Crippen molar-refractivity contribution in [2.24, 2.45) is 0 Å². The summed E-state index contributed by atoms with van der Waals surface area (Å²) in [6, 6.07) is 10.5. The number of rotatable bonds is 3. The van der Waals surface area contributed by atoms with E-state index in [2.05, 4.69) is 40.5 Å². The van der Waals surface area contributed by atoms with E-state index in [9.17, 15) is 0 Å². The van der Waals surface area contributed by atoms with Crippen LogP contribution in [0.15, 0.2) is 30.3 Å². The van der Waals surface area contributed by atoms with Crippen LogP contribution in [0.25, 0.3) is 0 Å². The highest BCUT2D eigenvalue weighted by atomic mass is 32.1. The molecule has 2 fully saturated rings. The molecule has 0 spiro atoms. The lowest BCUT2D eigenvalue weighted by Gasteiger charge is -2.40. The van der Waals surface area contributed by atoms with Gasteiger partial charge in [-0.2, -0.15) is 4.37 Å². The average Bonchev–Trinajstić information content (AvgIpc) is 3.25. The van der Waals surface area contributed by atoms with Gasteiger partial charge in [0.15, 0.2) is 0 Å². The molecular weight excluding hydrogens is 282 g/mol. The monoisotopic (exact) mass is 301 g/mol. The summed E-state index contributed by atoms with van der Waals surface area (Å²) in [5.41, 5.74) is 0.951. The smallest absolute Gasteiger partial charge is 0.205 e. The third-order valence-corrected chi connectivity index (χ3v) is 5.09. The van der Waals surface area contributed by atoms with Crippen LogP contribution in [0.2, 0.25) is 0 Å². The Morgan fingerprint density at radius 1 is 1.29 bits per heavy atom. The number of hydrogen-bond donors (Lipinski definition) is 0. The van der Waals surface area contributed by atoms with Crippen LogP contribution >= 0.6 is 11.5 Å². The normalized spacial score (nSPS) is 26.0. The van der Waals surface area contributed by atoms with Gasteiger partial charge in [-0.25, -0.2) is 4.98 Å². The topological polar surface area (TPSA) is 38.2 Å². The fourth-order valence-corrected chi connectivity index (χ4v) is 3.63. The van der Waals surface area contributed by atoms with Crippen molar-refractivity contribution in [3.8, 4) is 0 Å². The molecule has 4 rings (SSSR count). The van der Waals surface area contributed by atoms with E-state index in [0.29, 0.717) is 5.92 Å². The Morgan fingerprint density at radius 2 is 2.10 bits per heavy atom. The maximum Gasteiger partial charge on any atom is 0.205 e. The SMILES string of the molecule is CC1(c2ccccc2)CN(c2nc(C3CC3)ns2)CCO1. The first kappa shape index (κ1) is 13.2. The maximum absolute atomic E-state index is 6.08. The molecule has 0 N–H and O–H groups in total. The van der Waals surface area contributed by atoms with Crippen LogP contribution in [0.4, 0.5) is 5.13 Å². The van der Waals surface area contributed by atoms with E-state index < -0.39 is 0 Å². The second-order valence-corrected chi connectivity index (χ2v) is 6.81. The lowest BCUT2D eigenvalue weighted by Crippen LogP contribution is -2.48. The van der Waals surface area contributed by atoms with Crippen LogP contribution < -0.4 is 4.90 Å². The molecule has 110 valence electrons. The number of nitrogens with zero attached hydrogens (tertiary/aromatic N) is 3. The van der Waals surface area contributed by atoms with Crippen LogP contribution in [-0.2, 0) is 10.3 Å². The van der Waals surface area contributed by atoms with Gasteiger partial charge in [-0.15, -0.1) is 0 Å². The largest absolute Gasteiger partial charge is 0.367 e. The van der Waals surface area contributed by atoms with E-state index in [1.807, 2.05) is 6.07 Å². The lowest BCUT2D eigenvalue weighted by atomic mass is 9.94. The number of aromatic nitrogens is 2. The Hall–Kier alpha value is -1.46. The summed E-state index contributed by atoms with van der Waals surface area (Å²) in [5.74, 6) is 1.67. The fourth-order valence-electron chi connectivity index (χ4n) is 2.86. The molecule has 2 heterocycles. The Kier molecular flexibility index (Phi) is 3.19. The summed E-state index contributed by atoms with van der Waals surface area (Å²) in [5, 5.41) is 1.04. The van der Waals surface area contributed by atoms with E-state index in [0.717, 1.165) is 30.7 Å². The summed E-state index contributed by atoms with van der Waals surface area (Å²) in [6.07, 6.45) is 2.50. The molecule has 1 saturated carbocycles. The predicted molar refractivity (Wildman–Crippen MR) is 83.8 cm³/mol. The van der Waals surface area contributed by atoms with Crippen molar-refractivity contribution in [1.29, 1.82) is 0 Å². The quantitative estimate of drug-likeness (QED) is 0.873. The molecule has 1 atom stereocenters. The maximum atomic E-state index is 6.08. The number of anilines is 1. The van der Waals surface area contributed by atoms with Crippen LogP contribution in [0.3, 0.4) is 0 Å². The van der Waals surface area contributed by atoms with Gasteiger partial charge >= 0.3 is 0 Å². The van der Waals surface area contributed by atoms with E-state index in [1.165, 1.54) is 29.9 Å². The molecule has 1 saturated heterocycles. The van der Waals surface area contributed by atoms with Gasteiger partial charge in [0.05, 0.1) is 13.2 Å². The first-order valence-electron chi connectivity index (χ1n) is 7.53. The predicted octanol–water partition coefficient (Wildman–Crippen LogP) is 3.17. The van der Waals surface area contributed by atoms with Crippen LogP contribution in [-0.4, -0.2) is 29.1 Å². The Balaban J connectivity index is 1.56. The van der Waals surface area contributed by atoms with Crippen molar-refractivity contribution in [1.82, 2.24) is 9.36 Å². The zero-order valence-corrected chi connectivity index (χ0v) is 13.0. The number of benzene rings is 1. The molecule has 21 heavy (non-hydrogen) atoms. The first-order valence-corrected chi connectivity index (χ1v) is 8.30. The summed E-state index contributed by atoms with van der Waals surface area (Å²) in [4.78, 5) is 7.05. The third kappa shape index (κ3) is 2.56. The molecule has 0 radical (unpaired) electrons. The highest BCUT2D eigenvalue weighted by Gasteiger charge is 2.36. The van der Waals surface area contributed by atoms with Crippen molar-refractivity contribution in [2.45, 2.75) is 31.3 Å². The summed E-state index contributed by atoms with van der Waals surface area (Å²) < 4.78 is 10.6. The molecular formula is C16H19N3OS. The number of hydrogen-bond acceptors (Lipinski definition) is 5. The van der Waals surface area contributed by atoms with Crippen molar-refractivity contribution < 1.29 is 4.74 Å². The van der Waals surface area contributed by atoms with E-state index >= 15 is 0 Å². The molecule has 1 aromatic carbocycles. The third-order valence-electron chi connectivity index (χ3n) is 4.30. The van der Waals surface area contributed by atoms with Gasteiger partial charge < -0.3 is 9.64 Å². The van der Waals surface area contributed by atoms with Gasteiger partial charge in [0.1, 0.15) is 11.4 Å². The van der Waals surface area contributed by atoms with Crippen LogP contribution in [0.1, 0.15) is 37.1 Å². The van der Waals surface area contributed by atoms with Gasteiger partial charge in [-0.05, 0) is 25.3 Å². The van der Waals surface area contributed by atoms with Gasteiger partial charge in [-0.3, -0.25) is 0 Å². The Bertz CT molecular complexity index is 625. The Labute approximate surface area is 128 Å². The minimum atomic E-state index is -0.273. The summed E-state index contributed by atoms with van der Waals surface area (Å²) in [6.45, 7) is 4.61. The zero-order chi connectivity index (χ0) is 14.3. The fraction of sp³-hybridized carbons (Fsp3) is 0.500. The highest BCUT2D eigenvalue weighted by Crippen LogP contribution is 2.40. The number of morpholine rings is 1. The zero-order valence-electron chi connectivity index (χ0n) is 12.2. The molecule has 1 aliphatic heterocycles. The van der Waals surface area contributed by atoms with E-state index in [-0.39, 0.29) is 5.60 Å². The second-order valence-electron chi connectivity index (χ2n) is 6.08. The van der Waals surface area contributed by atoms with Gasteiger partial charge in [0.25, 0.3) is 0 Å².